The maximum Gasteiger partial charge on any atom is 0.255 e. The first-order chi connectivity index (χ1) is 17.2. The third-order valence-corrected chi connectivity index (χ3v) is 6.57. The molecule has 3 aliphatic heterocycles. The number of nitrogens with zero attached hydrogens (tertiary/aromatic N) is 3. The molecule has 3 aromatic rings. The Bertz CT molecular complexity index is 1450. The molecule has 8 heteroatoms. The number of aryl methyl sites for hydroxylation is 1. The average Bonchev–Trinajstić information content (AvgIpc) is 3.55. The van der Waals surface area contributed by atoms with Gasteiger partial charge in [-0.3, -0.25) is 24.4 Å². The molecule has 2 aromatic carbocycles. The van der Waals surface area contributed by atoms with Gasteiger partial charge in [-0.2, -0.15) is 5.10 Å². The minimum Gasteiger partial charge on any atom is -0.493 e. The van der Waals surface area contributed by atoms with Crippen LogP contribution in [0.2, 0.25) is 0 Å². The van der Waals surface area contributed by atoms with Crippen molar-refractivity contribution >= 4 is 17.7 Å². The maximum atomic E-state index is 13.1. The summed E-state index contributed by atoms with van der Waals surface area (Å²) >= 11 is 0. The Kier molecular flexibility index (Phi) is 3.68. The lowest BCUT2D eigenvalue weighted by molar-refractivity contribution is -0.136. The highest BCUT2D eigenvalue weighted by Crippen LogP contribution is 2.37. The summed E-state index contributed by atoms with van der Waals surface area (Å²) in [6, 6.07) is 10.2. The Morgan fingerprint density at radius 2 is 1.91 bits per heavy atom. The lowest BCUT2D eigenvalue weighted by atomic mass is 9.97. The molecule has 0 radical (unpaired) electrons. The zero-order valence-corrected chi connectivity index (χ0v) is 17.6. The molecule has 1 saturated heterocycles. The first-order valence-electron chi connectivity index (χ1n) is 12.3. The molecule has 8 nitrogen and oxygen atoms in total. The van der Waals surface area contributed by atoms with Crippen LogP contribution < -0.4 is 10.1 Å². The van der Waals surface area contributed by atoms with E-state index in [1.165, 1.54) is 11.1 Å². The zero-order valence-electron chi connectivity index (χ0n) is 20.6. The molecule has 3 aliphatic rings. The van der Waals surface area contributed by atoms with Crippen LogP contribution in [0.1, 0.15) is 38.4 Å². The summed E-state index contributed by atoms with van der Waals surface area (Å²) in [6.07, 6.45) is 2.75. The van der Waals surface area contributed by atoms with Gasteiger partial charge in [0, 0.05) is 47.2 Å². The van der Waals surface area contributed by atoms with Gasteiger partial charge in [-0.25, -0.2) is 0 Å². The van der Waals surface area contributed by atoms with Crippen LogP contribution in [-0.2, 0) is 29.5 Å². The van der Waals surface area contributed by atoms with Gasteiger partial charge in [0.2, 0.25) is 11.8 Å². The summed E-state index contributed by atoms with van der Waals surface area (Å²) in [7, 11) is 0. The standard InChI is InChI=1S/C25H22N4O4/c1-28-23(16-3-6-21-15(11-16)8-9-33-21)19(12-26-28)14-2-4-18-17(10-14)13-29(25(18)32)20-5-7-22(30)27-24(20)31/h2-4,6,10-12,20H,5,7-9,13H2,1H3,(H,27,30,31)/i1D3. The van der Waals surface area contributed by atoms with Crippen molar-refractivity contribution < 1.29 is 23.2 Å². The molecule has 1 atom stereocenters. The van der Waals surface area contributed by atoms with E-state index in [4.69, 9.17) is 8.85 Å². The second kappa shape index (κ2) is 7.30. The summed E-state index contributed by atoms with van der Waals surface area (Å²) < 4.78 is 30.7. The number of imide groups is 1. The fraction of sp³-hybridized carbons (Fsp3) is 0.280. The van der Waals surface area contributed by atoms with Crippen molar-refractivity contribution in [2.24, 2.45) is 6.98 Å². The van der Waals surface area contributed by atoms with Crippen LogP contribution in [0.5, 0.6) is 5.75 Å². The number of fused-ring (bicyclic) bond motifs is 2. The van der Waals surface area contributed by atoms with E-state index in [1.54, 1.807) is 12.1 Å². The SMILES string of the molecule is [2H]C([2H])([2H])n1ncc(-c2ccc3c(c2)CN(C2CCC(=O)NC2=O)C3=O)c1-c1ccc2c(c1)CCO2. The van der Waals surface area contributed by atoms with E-state index >= 15 is 0 Å². The summed E-state index contributed by atoms with van der Waals surface area (Å²) in [5.41, 5.74) is 4.74. The van der Waals surface area contributed by atoms with Crippen molar-refractivity contribution in [3.63, 3.8) is 0 Å². The van der Waals surface area contributed by atoms with Crippen LogP contribution in [0.15, 0.2) is 42.6 Å². The molecule has 3 amide bonds. The smallest absolute Gasteiger partial charge is 0.255 e. The van der Waals surface area contributed by atoms with Gasteiger partial charge < -0.3 is 9.64 Å². The number of carbonyl (C=O) groups is 3. The fourth-order valence-electron chi connectivity index (χ4n) is 4.91. The predicted octanol–water partition coefficient (Wildman–Crippen LogP) is 2.45. The predicted molar refractivity (Wildman–Crippen MR) is 119 cm³/mol. The largest absolute Gasteiger partial charge is 0.493 e. The average molecular weight is 445 g/mol. The Hall–Kier alpha value is -3.94. The van der Waals surface area contributed by atoms with E-state index < -0.39 is 18.9 Å². The molecule has 33 heavy (non-hydrogen) atoms. The quantitative estimate of drug-likeness (QED) is 0.625. The summed E-state index contributed by atoms with van der Waals surface area (Å²) in [5.74, 6) is -0.262. The Morgan fingerprint density at radius 3 is 2.76 bits per heavy atom. The van der Waals surface area contributed by atoms with Crippen molar-refractivity contribution in [1.82, 2.24) is 20.0 Å². The molecule has 1 aromatic heterocycles. The normalized spacial score (nSPS) is 21.1. The molecular formula is C25H22N4O4. The summed E-state index contributed by atoms with van der Waals surface area (Å²) in [6.45, 7) is -1.67. The first kappa shape index (κ1) is 16.7. The van der Waals surface area contributed by atoms with Crippen LogP contribution in [0.3, 0.4) is 0 Å². The highest BCUT2D eigenvalue weighted by molar-refractivity contribution is 6.05. The van der Waals surface area contributed by atoms with E-state index in [2.05, 4.69) is 10.4 Å². The summed E-state index contributed by atoms with van der Waals surface area (Å²) in [4.78, 5) is 38.4. The number of piperidine rings is 1. The summed E-state index contributed by atoms with van der Waals surface area (Å²) in [5, 5.41) is 6.51. The molecule has 166 valence electrons. The number of aromatic nitrogens is 2. The van der Waals surface area contributed by atoms with Crippen LogP contribution in [0, 0.1) is 0 Å². The van der Waals surface area contributed by atoms with Crippen molar-refractivity contribution in [1.29, 1.82) is 0 Å². The Balaban J connectivity index is 1.40. The van der Waals surface area contributed by atoms with Gasteiger partial charge in [0.05, 0.1) is 18.5 Å². The lowest BCUT2D eigenvalue weighted by Crippen LogP contribution is -2.52. The van der Waals surface area contributed by atoms with E-state index in [1.807, 2.05) is 24.3 Å². The Labute approximate surface area is 194 Å². The minimum atomic E-state index is -2.49. The zero-order chi connectivity index (χ0) is 25.2. The van der Waals surface area contributed by atoms with Gasteiger partial charge in [-0.1, -0.05) is 6.07 Å². The topological polar surface area (TPSA) is 93.5 Å². The van der Waals surface area contributed by atoms with Crippen molar-refractivity contribution in [3.05, 3.63) is 59.3 Å². The number of rotatable bonds is 3. The van der Waals surface area contributed by atoms with E-state index in [9.17, 15) is 14.4 Å². The molecule has 6 rings (SSSR count). The fourth-order valence-corrected chi connectivity index (χ4v) is 4.91. The first-order valence-corrected chi connectivity index (χ1v) is 10.8. The number of nitrogens with one attached hydrogen (secondary N) is 1. The van der Waals surface area contributed by atoms with Crippen molar-refractivity contribution in [2.45, 2.75) is 31.8 Å². The lowest BCUT2D eigenvalue weighted by Gasteiger charge is -2.29. The molecule has 0 saturated carbocycles. The number of benzene rings is 2. The van der Waals surface area contributed by atoms with Crippen LogP contribution in [0.4, 0.5) is 0 Å². The van der Waals surface area contributed by atoms with Gasteiger partial charge in [-0.05, 0) is 53.4 Å². The molecule has 1 fully saturated rings. The van der Waals surface area contributed by atoms with E-state index in [0.29, 0.717) is 34.6 Å². The van der Waals surface area contributed by atoms with Crippen molar-refractivity contribution in [3.8, 4) is 28.1 Å². The monoisotopic (exact) mass is 445 g/mol. The van der Waals surface area contributed by atoms with Gasteiger partial charge in [0.1, 0.15) is 11.8 Å². The molecule has 1 unspecified atom stereocenters. The van der Waals surface area contributed by atoms with Crippen LogP contribution in [0.25, 0.3) is 22.4 Å². The highest BCUT2D eigenvalue weighted by atomic mass is 16.5. The maximum absolute atomic E-state index is 13.1. The molecule has 0 aliphatic carbocycles. The van der Waals surface area contributed by atoms with Crippen LogP contribution >= 0.6 is 0 Å². The van der Waals surface area contributed by atoms with Gasteiger partial charge in [-0.15, -0.1) is 0 Å². The Morgan fingerprint density at radius 1 is 1.06 bits per heavy atom. The molecular weight excluding hydrogens is 420 g/mol. The molecule has 0 spiro atoms. The van der Waals surface area contributed by atoms with E-state index in [0.717, 1.165) is 28.0 Å². The second-order valence-electron chi connectivity index (χ2n) is 8.51. The molecule has 4 heterocycles. The number of ether oxygens (including phenoxy) is 1. The molecule has 0 bridgehead atoms. The number of hydrogen-bond donors (Lipinski definition) is 1. The minimum absolute atomic E-state index is 0.186. The van der Waals surface area contributed by atoms with Gasteiger partial charge in [0.15, 0.2) is 0 Å². The highest BCUT2D eigenvalue weighted by Gasteiger charge is 2.39. The van der Waals surface area contributed by atoms with Crippen molar-refractivity contribution in [2.75, 3.05) is 6.61 Å². The van der Waals surface area contributed by atoms with Gasteiger partial charge >= 0.3 is 0 Å². The third-order valence-electron chi connectivity index (χ3n) is 6.57. The number of hydrogen-bond acceptors (Lipinski definition) is 5. The number of amides is 3. The van der Waals surface area contributed by atoms with Crippen LogP contribution in [-0.4, -0.2) is 45.1 Å². The second-order valence-corrected chi connectivity index (χ2v) is 8.51. The van der Waals surface area contributed by atoms with E-state index in [-0.39, 0.29) is 31.2 Å². The third kappa shape index (κ3) is 3.13. The molecule has 1 N–H and O–H groups in total. The number of carbonyl (C=O) groups excluding carboxylic acids is 3. The van der Waals surface area contributed by atoms with Gasteiger partial charge in [0.25, 0.3) is 5.91 Å².